The summed E-state index contributed by atoms with van der Waals surface area (Å²) >= 11 is 0. The summed E-state index contributed by atoms with van der Waals surface area (Å²) in [5.74, 6) is 0. The highest BCUT2D eigenvalue weighted by molar-refractivity contribution is 5.59. The zero-order valence-electron chi connectivity index (χ0n) is 101. The molecule has 8 aromatic carbocycles. The number of aryl methyl sites for hydroxylation is 10. The van der Waals surface area contributed by atoms with Gasteiger partial charge in [0.05, 0.1) is 0 Å². The molecule has 0 saturated heterocycles. The second-order valence-corrected chi connectivity index (χ2v) is 58.0. The van der Waals surface area contributed by atoms with Gasteiger partial charge in [-0.15, -0.1) is 0 Å². The molecule has 0 spiro atoms. The average molecular weight is 1800 g/mol. The van der Waals surface area contributed by atoms with Crippen LogP contribution < -0.4 is 0 Å². The quantitative estimate of drug-likeness (QED) is 0.142. The molecule has 0 radical (unpaired) electrons. The molecule has 0 aromatic heterocycles. The van der Waals surface area contributed by atoms with Crippen molar-refractivity contribution in [1.82, 2.24) is 0 Å². The largest absolute Gasteiger partial charge is 0.0617 e. The zero-order valence-corrected chi connectivity index (χ0v) is 101. The predicted molar refractivity (Wildman–Crippen MR) is 605 cm³/mol. The average Bonchev–Trinajstić information content (AvgIpc) is 0.733. The van der Waals surface area contributed by atoms with E-state index < -0.39 is 0 Å². The van der Waals surface area contributed by atoms with Crippen LogP contribution in [0.25, 0.3) is 0 Å². The molecule has 0 nitrogen and oxygen atoms in total. The summed E-state index contributed by atoms with van der Waals surface area (Å²) in [7, 11) is 0. The lowest BCUT2D eigenvalue weighted by Gasteiger charge is -2.38. The predicted octanol–water partition coefficient (Wildman–Crippen LogP) is 40.5. The van der Waals surface area contributed by atoms with Crippen molar-refractivity contribution in [2.24, 2.45) is 0 Å². The topological polar surface area (TPSA) is 0 Å². The van der Waals surface area contributed by atoms with Crippen LogP contribution in [-0.4, -0.2) is 0 Å². The van der Waals surface area contributed by atoms with E-state index in [2.05, 4.69) is 555 Å². The molecule has 132 heavy (non-hydrogen) atoms. The fraction of sp³-hybridized carbons (Fsp3) is 0.636. The van der Waals surface area contributed by atoms with Crippen molar-refractivity contribution in [3.63, 3.8) is 0 Å². The normalized spacial score (nSPS) is 13.1. The molecule has 0 fully saturated rings. The minimum absolute atomic E-state index is 0.172. The van der Waals surface area contributed by atoms with Crippen LogP contribution in [0.1, 0.15) is 537 Å². The number of hydrogen-bond donors (Lipinski definition) is 0. The zero-order chi connectivity index (χ0) is 105. The molecule has 0 unspecified atom stereocenters. The molecule has 0 heterocycles. The summed E-state index contributed by atoms with van der Waals surface area (Å²) < 4.78 is 0. The molecule has 0 aliphatic rings. The molecule has 0 amide bonds. The third kappa shape index (κ3) is 34.4. The van der Waals surface area contributed by atoms with Gasteiger partial charge in [-0.2, -0.15) is 0 Å². The molecule has 0 atom stereocenters. The SMILES string of the molecule is Cc1c(C)c(C(C)(C)C)c(C(C)(C)C)c(C)c1C(C)(C)C.Cc1cc(C(C)(C)C)c(C(C)(C)C)c(C)c1C.Cc1cc(C(C)(C)C)c(C(C)(C)C)cc1C.Cc1cc(C)c(C(C)(C)C)c(C(C)(C)C)c1.Cc1ccc(C(C)(C)C)c(C(C)(C)C)c1.Cc1ccc(C(C)(C)C)c(C(C)(C)C)c1C.Cc1ccc(C)c(C(C)(C)C)c1C(C)(C)C.Cc1cccc(C(C)(C)C)c1C(C)(C)C. The Balaban J connectivity index is 0.000000756. The van der Waals surface area contributed by atoms with Gasteiger partial charge in [-0.3, -0.25) is 0 Å². The Labute approximate surface area is 825 Å². The van der Waals surface area contributed by atoms with Crippen LogP contribution in [0.2, 0.25) is 0 Å². The minimum atomic E-state index is 0.172. The van der Waals surface area contributed by atoms with Gasteiger partial charge in [-0.25, -0.2) is 0 Å². The van der Waals surface area contributed by atoms with Gasteiger partial charge in [0.2, 0.25) is 0 Å². The van der Waals surface area contributed by atoms with E-state index in [0.29, 0.717) is 0 Å². The van der Waals surface area contributed by atoms with E-state index >= 15 is 0 Å². The molecule has 0 N–H and O–H groups in total. The van der Waals surface area contributed by atoms with Crippen LogP contribution in [0.5, 0.6) is 0 Å². The Hall–Kier alpha value is -6.24. The van der Waals surface area contributed by atoms with Gasteiger partial charge in [0.15, 0.2) is 0 Å². The van der Waals surface area contributed by atoms with E-state index in [1.165, 1.54) is 172 Å². The fourth-order valence-corrected chi connectivity index (χ4v) is 20.8. The van der Waals surface area contributed by atoms with Crippen molar-refractivity contribution in [2.75, 3.05) is 0 Å². The van der Waals surface area contributed by atoms with Crippen molar-refractivity contribution in [2.45, 2.75) is 556 Å². The summed E-state index contributed by atoms with van der Waals surface area (Å²) in [6.45, 7) is 154. The van der Waals surface area contributed by atoms with E-state index in [9.17, 15) is 0 Å². The van der Waals surface area contributed by atoms with Crippen LogP contribution in [0.4, 0.5) is 0 Å². The molecule has 0 aliphatic heterocycles. The standard InChI is InChI=1S/C21H36.C17H28.4C16H26.2C15H24/c1-13-14(2)17(20(7,8)9)18(21(10,11)12)15(3)16(13)19(4,5)6;1-11-10-14(16(4,5)6)15(17(7,8)9)13(3)12(11)2;1-11-9-13(15(3,4)5)14(10-12(11)2)16(6,7)8;1-11-9-12(2)14(16(6,7)8)13(10-11)15(3,4)5;1-11-9-10-13(15(3,4)5)14(12(11)2)16(6,7)8;1-11-9-10-12(2)14(16(6,7)8)13(11)15(3,4)5;1-11-8-9-12(14(2,3)4)13(10-11)15(5,6)7;1-11-9-8-10-12(14(2,3)4)13(11)15(5,6)7/h1-12H3;10H,1-9H3;4*9-10H,1-8H3;2*8-10H,1-7H3. The van der Waals surface area contributed by atoms with Crippen molar-refractivity contribution in [3.05, 3.63) is 275 Å². The molecule has 8 aromatic rings. The van der Waals surface area contributed by atoms with Crippen molar-refractivity contribution < 1.29 is 0 Å². The van der Waals surface area contributed by atoms with E-state index in [-0.39, 0.29) is 92.1 Å². The van der Waals surface area contributed by atoms with Crippen LogP contribution >= 0.6 is 0 Å². The summed E-state index contributed by atoms with van der Waals surface area (Å²) in [6, 6.07) is 34.4. The first-order valence-electron chi connectivity index (χ1n) is 50.9. The van der Waals surface area contributed by atoms with E-state index in [4.69, 9.17) is 0 Å². The lowest BCUT2D eigenvalue weighted by atomic mass is 9.66. The maximum Gasteiger partial charge on any atom is -0.0126 e. The monoisotopic (exact) mass is 1800 g/mol. The highest BCUT2D eigenvalue weighted by atomic mass is 14.4. The maximum absolute atomic E-state index is 2.39. The first-order chi connectivity index (χ1) is 58.0. The second kappa shape index (κ2) is 43.4. The minimum Gasteiger partial charge on any atom is -0.0617 e. The number of benzene rings is 8. The Morgan fingerprint density at radius 3 is 0.659 bits per heavy atom. The van der Waals surface area contributed by atoms with E-state index in [1.54, 1.807) is 11.1 Å². The Morgan fingerprint density at radius 1 is 0.114 bits per heavy atom. The summed E-state index contributed by atoms with van der Waals surface area (Å²) in [5.41, 5.74) is 52.3. The molecule has 0 heteroatoms. The van der Waals surface area contributed by atoms with Crippen LogP contribution in [0.15, 0.2) is 91.0 Å². The van der Waals surface area contributed by atoms with E-state index in [1.807, 2.05) is 0 Å². The summed E-state index contributed by atoms with van der Waals surface area (Å²) in [5, 5.41) is 0. The Kier molecular flexibility index (Phi) is 40.7. The molecular formula is C132H216. The second-order valence-electron chi connectivity index (χ2n) is 58.0. The third-order valence-corrected chi connectivity index (χ3v) is 26.6. The highest BCUT2D eigenvalue weighted by Gasteiger charge is 2.37. The molecule has 0 saturated carbocycles. The number of rotatable bonds is 0. The van der Waals surface area contributed by atoms with Gasteiger partial charge in [0.25, 0.3) is 0 Å². The maximum atomic E-state index is 2.39. The molecule has 0 bridgehead atoms. The lowest BCUT2D eigenvalue weighted by Crippen LogP contribution is -2.28. The van der Waals surface area contributed by atoms with Crippen molar-refractivity contribution in [1.29, 1.82) is 0 Å². The van der Waals surface area contributed by atoms with Gasteiger partial charge in [-0.05, 0) is 375 Å². The van der Waals surface area contributed by atoms with Crippen LogP contribution in [0.3, 0.4) is 0 Å². The van der Waals surface area contributed by atoms with Crippen molar-refractivity contribution >= 4 is 0 Å². The van der Waals surface area contributed by atoms with Gasteiger partial charge in [0, 0.05) is 0 Å². The molecule has 0 aliphatic carbocycles. The lowest BCUT2D eigenvalue weighted by molar-refractivity contribution is 0.513. The van der Waals surface area contributed by atoms with Gasteiger partial charge in [-0.1, -0.05) is 455 Å². The van der Waals surface area contributed by atoms with Gasteiger partial charge in [0.1, 0.15) is 0 Å². The summed E-state index contributed by atoms with van der Waals surface area (Å²) in [6.07, 6.45) is 0. The van der Waals surface area contributed by atoms with Crippen molar-refractivity contribution in [3.8, 4) is 0 Å². The van der Waals surface area contributed by atoms with Gasteiger partial charge < -0.3 is 0 Å². The fourth-order valence-electron chi connectivity index (χ4n) is 20.8. The van der Waals surface area contributed by atoms with Gasteiger partial charge >= 0.3 is 0 Å². The molecule has 8 rings (SSSR count). The summed E-state index contributed by atoms with van der Waals surface area (Å²) in [4.78, 5) is 0. The van der Waals surface area contributed by atoms with Crippen LogP contribution in [0, 0.1) is 111 Å². The first-order valence-corrected chi connectivity index (χ1v) is 50.9. The first kappa shape index (κ1) is 124. The molecular weight excluding hydrogens is 1590 g/mol. The Morgan fingerprint density at radius 2 is 0.348 bits per heavy atom. The van der Waals surface area contributed by atoms with Crippen LogP contribution in [-0.2, 0) is 92.1 Å². The Bertz CT molecular complexity index is 5020. The third-order valence-electron chi connectivity index (χ3n) is 26.6. The molecule has 744 valence electrons. The highest BCUT2D eigenvalue weighted by Crippen LogP contribution is 2.48. The number of hydrogen-bond acceptors (Lipinski definition) is 0. The van der Waals surface area contributed by atoms with E-state index in [0.717, 1.165) is 0 Å². The smallest absolute Gasteiger partial charge is 0.0126 e.